The molecule has 142 valence electrons. The van der Waals surface area contributed by atoms with Crippen LogP contribution < -0.4 is 11.1 Å². The fraction of sp³-hybridized carbons (Fsp3) is 0.632. The van der Waals surface area contributed by atoms with Gasteiger partial charge < -0.3 is 16.0 Å². The molecule has 1 amide bonds. The van der Waals surface area contributed by atoms with Crippen LogP contribution in [0.25, 0.3) is 0 Å². The van der Waals surface area contributed by atoms with Crippen molar-refractivity contribution in [2.75, 3.05) is 13.1 Å². The van der Waals surface area contributed by atoms with Crippen LogP contribution >= 0.6 is 24.8 Å². The van der Waals surface area contributed by atoms with E-state index in [9.17, 15) is 4.79 Å². The number of carbonyl (C=O) groups excluding carboxylic acids is 1. The maximum Gasteiger partial charge on any atom is 0.241 e. The second-order valence-electron chi connectivity index (χ2n) is 7.00. The highest BCUT2D eigenvalue weighted by atomic mass is 35.5. The van der Waals surface area contributed by atoms with Crippen LogP contribution in [0.15, 0.2) is 30.3 Å². The quantitative estimate of drug-likeness (QED) is 0.831. The van der Waals surface area contributed by atoms with E-state index >= 15 is 0 Å². The molecule has 0 radical (unpaired) electrons. The van der Waals surface area contributed by atoms with Gasteiger partial charge >= 0.3 is 0 Å². The van der Waals surface area contributed by atoms with Crippen LogP contribution in [0.2, 0.25) is 0 Å². The lowest BCUT2D eigenvalue weighted by Gasteiger charge is -2.39. The van der Waals surface area contributed by atoms with E-state index in [2.05, 4.69) is 10.2 Å². The number of hydrogen-bond donors (Lipinski definition) is 2. The first kappa shape index (κ1) is 22.2. The van der Waals surface area contributed by atoms with Gasteiger partial charge in [-0.05, 0) is 31.2 Å². The fourth-order valence-corrected chi connectivity index (χ4v) is 3.96. The molecule has 6 heteroatoms. The summed E-state index contributed by atoms with van der Waals surface area (Å²) in [5.41, 5.74) is 6.96. The molecule has 1 aromatic carbocycles. The van der Waals surface area contributed by atoms with Gasteiger partial charge in [-0.1, -0.05) is 49.6 Å². The summed E-state index contributed by atoms with van der Waals surface area (Å²) in [6, 6.07) is 10.1. The van der Waals surface area contributed by atoms with Crippen LogP contribution in [-0.2, 0) is 4.79 Å². The third-order valence-electron chi connectivity index (χ3n) is 5.41. The summed E-state index contributed by atoms with van der Waals surface area (Å²) < 4.78 is 0. The highest BCUT2D eigenvalue weighted by molar-refractivity contribution is 5.85. The number of nitrogens with one attached hydrogen (secondary N) is 1. The molecule has 3 N–H and O–H groups in total. The smallest absolute Gasteiger partial charge is 0.241 e. The van der Waals surface area contributed by atoms with Crippen LogP contribution in [-0.4, -0.2) is 36.0 Å². The molecule has 1 saturated heterocycles. The van der Waals surface area contributed by atoms with E-state index in [1.54, 1.807) is 0 Å². The highest BCUT2D eigenvalue weighted by Gasteiger charge is 2.27. The second-order valence-corrected chi connectivity index (χ2v) is 7.00. The van der Waals surface area contributed by atoms with Gasteiger partial charge in [0.15, 0.2) is 0 Å². The Morgan fingerprint density at radius 3 is 2.20 bits per heavy atom. The van der Waals surface area contributed by atoms with Crippen molar-refractivity contribution in [3.8, 4) is 0 Å². The maximum atomic E-state index is 12.3. The van der Waals surface area contributed by atoms with Crippen molar-refractivity contribution >= 4 is 30.7 Å². The van der Waals surface area contributed by atoms with Crippen LogP contribution in [0.1, 0.15) is 56.6 Å². The van der Waals surface area contributed by atoms with Crippen molar-refractivity contribution in [2.45, 2.75) is 63.1 Å². The minimum atomic E-state index is -0.562. The predicted octanol–water partition coefficient (Wildman–Crippen LogP) is 3.44. The van der Waals surface area contributed by atoms with E-state index in [-0.39, 0.29) is 36.8 Å². The number of piperidine rings is 1. The molecule has 2 fully saturated rings. The number of carbonyl (C=O) groups is 1. The largest absolute Gasteiger partial charge is 0.352 e. The average molecular weight is 388 g/mol. The number of halogens is 2. The summed E-state index contributed by atoms with van der Waals surface area (Å²) in [4.78, 5) is 15.0. The van der Waals surface area contributed by atoms with Crippen molar-refractivity contribution < 1.29 is 4.79 Å². The Morgan fingerprint density at radius 2 is 1.60 bits per heavy atom. The molecule has 1 saturated carbocycles. The molecule has 4 nitrogen and oxygen atoms in total. The number of nitrogens with two attached hydrogens (primary N) is 1. The topological polar surface area (TPSA) is 58.4 Å². The van der Waals surface area contributed by atoms with Gasteiger partial charge in [0.05, 0.1) is 0 Å². The number of hydrogen-bond acceptors (Lipinski definition) is 3. The van der Waals surface area contributed by atoms with Crippen molar-refractivity contribution in [2.24, 2.45) is 5.73 Å². The third-order valence-corrected chi connectivity index (χ3v) is 5.41. The summed E-state index contributed by atoms with van der Waals surface area (Å²) in [6.07, 6.45) is 8.97. The third kappa shape index (κ3) is 6.14. The molecule has 1 atom stereocenters. The number of benzene rings is 1. The van der Waals surface area contributed by atoms with Gasteiger partial charge in [-0.25, -0.2) is 0 Å². The van der Waals surface area contributed by atoms with Gasteiger partial charge in [-0.3, -0.25) is 4.79 Å². The summed E-state index contributed by atoms with van der Waals surface area (Å²) in [5, 5.41) is 3.15. The number of nitrogens with zero attached hydrogens (tertiary/aromatic N) is 1. The zero-order valence-electron chi connectivity index (χ0n) is 14.7. The first-order valence-electron chi connectivity index (χ1n) is 9.09. The van der Waals surface area contributed by atoms with Gasteiger partial charge in [0.1, 0.15) is 6.04 Å². The molecule has 1 aliphatic heterocycles. The molecule has 1 aromatic rings. The maximum absolute atomic E-state index is 12.3. The summed E-state index contributed by atoms with van der Waals surface area (Å²) in [7, 11) is 0. The molecular formula is C19H31Cl2N3O. The Morgan fingerprint density at radius 1 is 1.00 bits per heavy atom. The zero-order chi connectivity index (χ0) is 16.1. The first-order valence-corrected chi connectivity index (χ1v) is 9.09. The number of rotatable bonds is 4. The molecule has 1 heterocycles. The van der Waals surface area contributed by atoms with E-state index in [1.807, 2.05) is 30.3 Å². The van der Waals surface area contributed by atoms with Crippen LogP contribution in [0.3, 0.4) is 0 Å². The molecule has 1 aliphatic carbocycles. The van der Waals surface area contributed by atoms with E-state index in [0.29, 0.717) is 0 Å². The minimum absolute atomic E-state index is 0. The SMILES string of the molecule is Cl.Cl.NC(C(=O)NC1CCN(C2CCCCC2)CC1)c1ccccc1. The van der Waals surface area contributed by atoms with Crippen LogP contribution in [0.5, 0.6) is 0 Å². The Hall–Kier alpha value is -0.810. The van der Waals surface area contributed by atoms with E-state index in [0.717, 1.165) is 37.5 Å². The minimum Gasteiger partial charge on any atom is -0.352 e. The predicted molar refractivity (Wildman–Crippen MR) is 107 cm³/mol. The molecule has 1 unspecified atom stereocenters. The van der Waals surface area contributed by atoms with Gasteiger partial charge in [0.2, 0.25) is 5.91 Å². The van der Waals surface area contributed by atoms with Crippen molar-refractivity contribution in [1.29, 1.82) is 0 Å². The van der Waals surface area contributed by atoms with Gasteiger partial charge in [0, 0.05) is 25.2 Å². The molecule has 25 heavy (non-hydrogen) atoms. The highest BCUT2D eigenvalue weighted by Crippen LogP contribution is 2.25. The Balaban J connectivity index is 0.00000156. The van der Waals surface area contributed by atoms with E-state index < -0.39 is 6.04 Å². The summed E-state index contributed by atoms with van der Waals surface area (Å²) >= 11 is 0. The number of amides is 1. The molecule has 3 rings (SSSR count). The van der Waals surface area contributed by atoms with Crippen LogP contribution in [0, 0.1) is 0 Å². The lowest BCUT2D eigenvalue weighted by Crippen LogP contribution is -2.49. The molecule has 0 aromatic heterocycles. The average Bonchev–Trinajstić information content (AvgIpc) is 2.63. The van der Waals surface area contributed by atoms with Crippen molar-refractivity contribution in [1.82, 2.24) is 10.2 Å². The van der Waals surface area contributed by atoms with E-state index in [4.69, 9.17) is 5.73 Å². The second kappa shape index (κ2) is 11.0. The Labute approximate surface area is 163 Å². The number of likely N-dealkylation sites (tertiary alicyclic amines) is 1. The molecule has 2 aliphatic rings. The van der Waals surface area contributed by atoms with Crippen molar-refractivity contribution in [3.05, 3.63) is 35.9 Å². The van der Waals surface area contributed by atoms with Gasteiger partial charge in [0.25, 0.3) is 0 Å². The van der Waals surface area contributed by atoms with Gasteiger partial charge in [-0.2, -0.15) is 0 Å². The standard InChI is InChI=1S/C19H29N3O.2ClH/c20-18(15-7-3-1-4-8-15)19(23)21-16-11-13-22(14-12-16)17-9-5-2-6-10-17;;/h1,3-4,7-8,16-18H,2,5-6,9-14,20H2,(H,21,23);2*1H. The van der Waals surface area contributed by atoms with Gasteiger partial charge in [-0.15, -0.1) is 24.8 Å². The molecule has 0 bridgehead atoms. The summed E-state index contributed by atoms with van der Waals surface area (Å²) in [6.45, 7) is 2.21. The lowest BCUT2D eigenvalue weighted by molar-refractivity contribution is -0.123. The summed E-state index contributed by atoms with van der Waals surface area (Å²) in [5.74, 6) is -0.0488. The first-order chi connectivity index (χ1) is 11.2. The monoisotopic (exact) mass is 387 g/mol. The Bertz CT molecular complexity index is 501. The molecule has 0 spiro atoms. The normalized spacial score (nSPS) is 20.8. The van der Waals surface area contributed by atoms with E-state index in [1.165, 1.54) is 32.1 Å². The Kier molecular flexibility index (Phi) is 9.80. The zero-order valence-corrected chi connectivity index (χ0v) is 16.4. The van der Waals surface area contributed by atoms with Crippen molar-refractivity contribution in [3.63, 3.8) is 0 Å². The fourth-order valence-electron chi connectivity index (χ4n) is 3.96. The lowest BCUT2D eigenvalue weighted by atomic mass is 9.92. The molecular weight excluding hydrogens is 357 g/mol. The van der Waals surface area contributed by atoms with Crippen LogP contribution in [0.4, 0.5) is 0 Å².